The third-order valence-corrected chi connectivity index (χ3v) is 3.99. The minimum atomic E-state index is -0.760. The van der Waals surface area contributed by atoms with E-state index in [4.69, 9.17) is 20.5 Å². The van der Waals surface area contributed by atoms with Gasteiger partial charge in [0.1, 0.15) is 6.29 Å². The Hall–Kier alpha value is -1.70. The number of carbonyl (C=O) groups excluding carboxylic acids is 1. The summed E-state index contributed by atoms with van der Waals surface area (Å²) in [6, 6.07) is 4.81. The number of methoxy groups -OCH3 is 1. The molecule has 0 saturated carbocycles. The number of nitrogens with two attached hydrogens (primary N) is 1. The fraction of sp³-hybridized carbons (Fsp3) is 0.500. The molecule has 23 heavy (non-hydrogen) atoms. The van der Waals surface area contributed by atoms with Crippen LogP contribution in [0.3, 0.4) is 0 Å². The van der Waals surface area contributed by atoms with Crippen molar-refractivity contribution >= 4 is 24.7 Å². The Labute approximate surface area is 138 Å². The van der Waals surface area contributed by atoms with Crippen LogP contribution in [-0.2, 0) is 14.0 Å². The van der Waals surface area contributed by atoms with E-state index in [1.165, 1.54) is 0 Å². The Kier molecular flexibility index (Phi) is 6.10. The minimum absolute atomic E-state index is 0.165. The Bertz CT molecular complexity index is 571. The highest BCUT2D eigenvalue weighted by molar-refractivity contribution is 6.85. The quantitative estimate of drug-likeness (QED) is 0.386. The molecule has 1 aliphatic heterocycles. The summed E-state index contributed by atoms with van der Waals surface area (Å²) >= 11 is 0. The molecule has 126 valence electrons. The number of nitrogen functional groups attached to an aromatic ring is 1. The average Bonchev–Trinajstić information content (AvgIpc) is 2.67. The number of benzene rings is 1. The molecule has 2 rings (SSSR count). The van der Waals surface area contributed by atoms with Crippen molar-refractivity contribution < 1.29 is 18.8 Å². The SMILES string of the molecule is CC1(C)OB(C(=N)c2ccc(C=O)cc2N)OC1(C)C.COC. The topological polar surface area (TPSA) is 94.6 Å². The summed E-state index contributed by atoms with van der Waals surface area (Å²) in [7, 11) is 2.49. The molecule has 0 aromatic heterocycles. The number of hydrogen-bond acceptors (Lipinski definition) is 6. The maximum atomic E-state index is 10.7. The predicted molar refractivity (Wildman–Crippen MR) is 92.1 cm³/mol. The first-order valence-corrected chi connectivity index (χ1v) is 7.29. The second-order valence-corrected chi connectivity index (χ2v) is 6.37. The molecule has 1 aromatic carbocycles. The van der Waals surface area contributed by atoms with Crippen LogP contribution in [-0.4, -0.2) is 44.4 Å². The van der Waals surface area contributed by atoms with E-state index in [9.17, 15) is 4.79 Å². The lowest BCUT2D eigenvalue weighted by atomic mass is 9.77. The van der Waals surface area contributed by atoms with E-state index < -0.39 is 18.3 Å². The van der Waals surface area contributed by atoms with Crippen LogP contribution in [0.25, 0.3) is 0 Å². The molecule has 0 spiro atoms. The van der Waals surface area contributed by atoms with Gasteiger partial charge in [0.25, 0.3) is 0 Å². The van der Waals surface area contributed by atoms with Crippen LogP contribution in [0.5, 0.6) is 0 Å². The van der Waals surface area contributed by atoms with Gasteiger partial charge < -0.3 is 25.2 Å². The average molecular weight is 320 g/mol. The van der Waals surface area contributed by atoms with Crippen LogP contribution in [0.1, 0.15) is 43.6 Å². The maximum Gasteiger partial charge on any atom is 0.514 e. The van der Waals surface area contributed by atoms with Crippen molar-refractivity contribution in [3.8, 4) is 0 Å². The lowest BCUT2D eigenvalue weighted by Gasteiger charge is -2.32. The first-order valence-electron chi connectivity index (χ1n) is 7.29. The van der Waals surface area contributed by atoms with Crippen LogP contribution in [0.4, 0.5) is 5.69 Å². The molecule has 1 aliphatic rings. The van der Waals surface area contributed by atoms with Gasteiger partial charge >= 0.3 is 7.12 Å². The van der Waals surface area contributed by atoms with Crippen molar-refractivity contribution in [3.05, 3.63) is 29.3 Å². The zero-order valence-corrected chi connectivity index (χ0v) is 14.6. The second-order valence-electron chi connectivity index (χ2n) is 6.37. The summed E-state index contributed by atoms with van der Waals surface area (Å²) in [5.74, 6) is 0. The lowest BCUT2D eigenvalue weighted by molar-refractivity contribution is 0.00578. The van der Waals surface area contributed by atoms with Crippen LogP contribution in [0.15, 0.2) is 18.2 Å². The number of rotatable bonds is 3. The fourth-order valence-corrected chi connectivity index (χ4v) is 1.99. The van der Waals surface area contributed by atoms with E-state index in [1.807, 2.05) is 27.7 Å². The Balaban J connectivity index is 0.000000816. The standard InChI is InChI=1S/C14H19BN2O3.C2H6O/c1-13(2)14(3,4)20-15(19-13)12(17)10-6-5-9(8-18)7-11(10)16;1-3-2/h5-8,17H,16H2,1-4H3;1-2H3. The molecule has 0 radical (unpaired) electrons. The fourth-order valence-electron chi connectivity index (χ4n) is 1.99. The highest BCUT2D eigenvalue weighted by Gasteiger charge is 2.53. The number of hydrogen-bond donors (Lipinski definition) is 2. The van der Waals surface area contributed by atoms with Crippen LogP contribution < -0.4 is 5.73 Å². The Morgan fingerprint density at radius 2 is 1.70 bits per heavy atom. The zero-order valence-electron chi connectivity index (χ0n) is 14.6. The van der Waals surface area contributed by atoms with Crippen molar-refractivity contribution in [1.82, 2.24) is 0 Å². The highest BCUT2D eigenvalue weighted by atomic mass is 16.7. The van der Waals surface area contributed by atoms with E-state index in [0.717, 1.165) is 6.29 Å². The van der Waals surface area contributed by atoms with Crippen molar-refractivity contribution in [2.45, 2.75) is 38.9 Å². The van der Waals surface area contributed by atoms with E-state index in [0.29, 0.717) is 16.8 Å². The largest absolute Gasteiger partial charge is 0.514 e. The Morgan fingerprint density at radius 3 is 2.09 bits per heavy atom. The van der Waals surface area contributed by atoms with Gasteiger partial charge in [-0.15, -0.1) is 0 Å². The van der Waals surface area contributed by atoms with Crippen molar-refractivity contribution in [2.24, 2.45) is 0 Å². The molecule has 7 heteroatoms. The smallest absolute Gasteiger partial charge is 0.398 e. The number of nitrogens with one attached hydrogen (secondary N) is 1. The number of ether oxygens (including phenoxy) is 1. The zero-order chi connectivity index (χ0) is 17.8. The van der Waals surface area contributed by atoms with Crippen molar-refractivity contribution in [2.75, 3.05) is 20.0 Å². The monoisotopic (exact) mass is 320 g/mol. The van der Waals surface area contributed by atoms with E-state index in [-0.39, 0.29) is 5.61 Å². The minimum Gasteiger partial charge on any atom is -0.398 e. The van der Waals surface area contributed by atoms with Crippen LogP contribution in [0.2, 0.25) is 0 Å². The third kappa shape index (κ3) is 4.19. The van der Waals surface area contributed by atoms with E-state index in [2.05, 4.69) is 4.74 Å². The third-order valence-electron chi connectivity index (χ3n) is 3.99. The van der Waals surface area contributed by atoms with Gasteiger partial charge in [-0.1, -0.05) is 12.1 Å². The van der Waals surface area contributed by atoms with Crippen LogP contribution >= 0.6 is 0 Å². The Morgan fingerprint density at radius 1 is 1.22 bits per heavy atom. The second kappa shape index (κ2) is 7.25. The predicted octanol–water partition coefficient (Wildman–Crippen LogP) is 2.34. The molecule has 1 heterocycles. The summed E-state index contributed by atoms with van der Waals surface area (Å²) in [6.07, 6.45) is 0.721. The molecular formula is C16H25BN2O4. The molecule has 1 saturated heterocycles. The molecule has 6 nitrogen and oxygen atoms in total. The number of anilines is 1. The van der Waals surface area contributed by atoms with Crippen molar-refractivity contribution in [3.63, 3.8) is 0 Å². The first kappa shape index (κ1) is 19.4. The number of aldehydes is 1. The van der Waals surface area contributed by atoms with Gasteiger partial charge in [0, 0.05) is 31.0 Å². The van der Waals surface area contributed by atoms with Gasteiger partial charge in [-0.3, -0.25) is 4.79 Å². The molecule has 0 unspecified atom stereocenters. The molecule has 0 amide bonds. The summed E-state index contributed by atoms with van der Waals surface area (Å²) in [4.78, 5) is 10.7. The summed E-state index contributed by atoms with van der Waals surface area (Å²) in [6.45, 7) is 7.72. The summed E-state index contributed by atoms with van der Waals surface area (Å²) in [5.41, 5.74) is 6.43. The van der Waals surface area contributed by atoms with Gasteiger partial charge in [-0.2, -0.15) is 0 Å². The summed E-state index contributed by atoms with van der Waals surface area (Å²) < 4.78 is 15.9. The lowest BCUT2D eigenvalue weighted by Crippen LogP contribution is -2.41. The molecule has 0 atom stereocenters. The van der Waals surface area contributed by atoms with Gasteiger partial charge in [0.05, 0.1) is 16.8 Å². The molecule has 1 aromatic rings. The number of carbonyl (C=O) groups is 1. The van der Waals surface area contributed by atoms with E-state index >= 15 is 0 Å². The molecule has 0 aliphatic carbocycles. The molecule has 1 fully saturated rings. The highest BCUT2D eigenvalue weighted by Crippen LogP contribution is 2.37. The maximum absolute atomic E-state index is 10.7. The first-order chi connectivity index (χ1) is 10.6. The van der Waals surface area contributed by atoms with Gasteiger partial charge in [0.15, 0.2) is 0 Å². The van der Waals surface area contributed by atoms with Crippen LogP contribution in [0, 0.1) is 5.41 Å². The van der Waals surface area contributed by atoms with Gasteiger partial charge in [-0.25, -0.2) is 0 Å². The normalized spacial score (nSPS) is 18.1. The summed E-state index contributed by atoms with van der Waals surface area (Å²) in [5, 5.41) is 8.23. The molecular weight excluding hydrogens is 295 g/mol. The molecule has 3 N–H and O–H groups in total. The molecule has 0 bridgehead atoms. The van der Waals surface area contributed by atoms with Gasteiger partial charge in [0.2, 0.25) is 0 Å². The van der Waals surface area contributed by atoms with Gasteiger partial charge in [-0.05, 0) is 33.8 Å². The van der Waals surface area contributed by atoms with E-state index in [1.54, 1.807) is 32.4 Å². The van der Waals surface area contributed by atoms with Crippen molar-refractivity contribution in [1.29, 1.82) is 5.41 Å².